The van der Waals surface area contributed by atoms with Gasteiger partial charge in [0.2, 0.25) is 5.92 Å². The zero-order valence-electron chi connectivity index (χ0n) is 25.1. The summed E-state index contributed by atoms with van der Waals surface area (Å²) in [6.07, 6.45) is 5.90. The van der Waals surface area contributed by atoms with E-state index in [0.717, 1.165) is 24.7 Å². The van der Waals surface area contributed by atoms with E-state index in [1.54, 1.807) is 33.5 Å². The fraction of sp³-hybridized carbons (Fsp3) is 0.630. The SMILES string of the molecule is CC(F)(F)C(C)(C)CCc1cn2ncc(CN3CC(F)(F)CNC3=O)cc2n1.CNC(=O)c1nonc1C1CC1.COC. The summed E-state index contributed by atoms with van der Waals surface area (Å²) in [7, 11) is 4.81. The molecule has 0 atom stereocenters. The van der Waals surface area contributed by atoms with Crippen molar-refractivity contribution in [3.63, 3.8) is 0 Å². The standard InChI is InChI=1S/C18H23F4N5O.C7H9N3O2.C2H6O/c1-16(2,17(3,19)20)5-4-13-9-27-14(25-13)6-12(7-24-27)8-26-11-18(21,22)10-23-15(26)28;1-8-7(11)6-5(4-2-3-4)9-12-10-6;1-3-2/h6-7,9H,4-5,8,10-11H2,1-3H3,(H,23,28);4H,2-3H2,1H3,(H,8,11);1-2H3. The third-order valence-electron chi connectivity index (χ3n) is 7.12. The maximum absolute atomic E-state index is 13.6. The van der Waals surface area contributed by atoms with Gasteiger partial charge in [-0.2, -0.15) is 5.10 Å². The van der Waals surface area contributed by atoms with E-state index in [0.29, 0.717) is 40.6 Å². The van der Waals surface area contributed by atoms with Crippen molar-refractivity contribution in [2.24, 2.45) is 5.41 Å². The van der Waals surface area contributed by atoms with Crippen LogP contribution in [0.3, 0.4) is 0 Å². The number of halogens is 4. The van der Waals surface area contributed by atoms with Crippen LogP contribution in [0.1, 0.15) is 73.4 Å². The van der Waals surface area contributed by atoms with Gasteiger partial charge >= 0.3 is 6.03 Å². The number of urea groups is 1. The Bertz CT molecular complexity index is 1380. The number of methoxy groups -OCH3 is 1. The molecule has 0 unspecified atom stereocenters. The molecule has 0 spiro atoms. The summed E-state index contributed by atoms with van der Waals surface area (Å²) in [5.74, 6) is -5.63. The summed E-state index contributed by atoms with van der Waals surface area (Å²) < 4.78 is 64.6. The van der Waals surface area contributed by atoms with Crippen LogP contribution in [0.2, 0.25) is 0 Å². The average Bonchev–Trinajstić information content (AvgIpc) is 3.50. The van der Waals surface area contributed by atoms with E-state index in [-0.39, 0.29) is 18.9 Å². The van der Waals surface area contributed by atoms with Crippen LogP contribution >= 0.6 is 0 Å². The lowest BCUT2D eigenvalue weighted by Crippen LogP contribution is -2.56. The number of imidazole rings is 1. The highest BCUT2D eigenvalue weighted by Crippen LogP contribution is 2.40. The largest absolute Gasteiger partial charge is 0.388 e. The first-order valence-corrected chi connectivity index (χ1v) is 13.7. The first-order valence-electron chi connectivity index (χ1n) is 13.7. The molecule has 1 saturated carbocycles. The first-order chi connectivity index (χ1) is 20.1. The summed E-state index contributed by atoms with van der Waals surface area (Å²) in [6.45, 7) is 2.57. The molecule has 1 saturated heterocycles. The molecule has 238 valence electrons. The minimum Gasteiger partial charge on any atom is -0.388 e. The topological polar surface area (TPSA) is 140 Å². The molecular formula is C27H38F4N8O4. The van der Waals surface area contributed by atoms with Crippen molar-refractivity contribution in [1.29, 1.82) is 0 Å². The second-order valence-electron chi connectivity index (χ2n) is 11.3. The smallest absolute Gasteiger partial charge is 0.318 e. The van der Waals surface area contributed by atoms with Crippen molar-refractivity contribution in [1.82, 2.24) is 40.4 Å². The molecule has 3 aromatic rings. The van der Waals surface area contributed by atoms with Gasteiger partial charge in [0.25, 0.3) is 11.8 Å². The van der Waals surface area contributed by atoms with Gasteiger partial charge in [-0.25, -0.2) is 36.5 Å². The summed E-state index contributed by atoms with van der Waals surface area (Å²) in [5.41, 5.74) is 1.50. The molecular weight excluding hydrogens is 576 g/mol. The van der Waals surface area contributed by atoms with E-state index in [2.05, 4.69) is 40.4 Å². The van der Waals surface area contributed by atoms with E-state index in [1.807, 2.05) is 0 Å². The Hall–Kier alpha value is -3.82. The molecule has 4 heterocycles. The maximum Gasteiger partial charge on any atom is 0.318 e. The number of aryl methyl sites for hydroxylation is 1. The minimum atomic E-state index is -2.99. The van der Waals surface area contributed by atoms with Crippen LogP contribution in [0.15, 0.2) is 23.1 Å². The number of rotatable bonds is 8. The Balaban J connectivity index is 0.000000278. The Morgan fingerprint density at radius 1 is 1.23 bits per heavy atom. The molecule has 3 aromatic heterocycles. The minimum absolute atomic E-state index is 0.0256. The summed E-state index contributed by atoms with van der Waals surface area (Å²) in [5, 5.41) is 16.1. The van der Waals surface area contributed by atoms with Gasteiger partial charge in [-0.1, -0.05) is 19.0 Å². The van der Waals surface area contributed by atoms with Gasteiger partial charge in [0.05, 0.1) is 31.2 Å². The number of fused-ring (bicyclic) bond motifs is 1. The van der Waals surface area contributed by atoms with E-state index in [9.17, 15) is 27.2 Å². The molecule has 43 heavy (non-hydrogen) atoms. The summed E-state index contributed by atoms with van der Waals surface area (Å²) in [6, 6.07) is 1.09. The molecule has 2 N–H and O–H groups in total. The molecule has 0 bridgehead atoms. The van der Waals surface area contributed by atoms with Crippen molar-refractivity contribution in [3.8, 4) is 0 Å². The molecule has 2 fully saturated rings. The number of nitrogens with zero attached hydrogens (tertiary/aromatic N) is 6. The molecule has 0 radical (unpaired) electrons. The predicted octanol–water partition coefficient (Wildman–Crippen LogP) is 4.07. The third-order valence-corrected chi connectivity index (χ3v) is 7.12. The van der Waals surface area contributed by atoms with Crippen LogP contribution in [0.4, 0.5) is 22.4 Å². The van der Waals surface area contributed by atoms with Crippen molar-refractivity contribution in [2.75, 3.05) is 34.4 Å². The van der Waals surface area contributed by atoms with E-state index >= 15 is 0 Å². The molecule has 0 aromatic carbocycles. The number of carbonyl (C=O) groups excluding carboxylic acids is 2. The van der Waals surface area contributed by atoms with Crippen LogP contribution in [0.25, 0.3) is 5.65 Å². The maximum atomic E-state index is 13.6. The van der Waals surface area contributed by atoms with Gasteiger partial charge in [-0.05, 0) is 49.4 Å². The van der Waals surface area contributed by atoms with Crippen LogP contribution in [-0.4, -0.2) is 88.0 Å². The normalized spacial score (nSPS) is 16.5. The number of ether oxygens (including phenoxy) is 1. The fourth-order valence-corrected chi connectivity index (χ4v) is 4.00. The second-order valence-corrected chi connectivity index (χ2v) is 11.3. The van der Waals surface area contributed by atoms with Crippen molar-refractivity contribution < 1.29 is 36.5 Å². The molecule has 1 aliphatic carbocycles. The molecule has 3 amide bonds. The number of nitrogens with one attached hydrogen (secondary N) is 2. The highest BCUT2D eigenvalue weighted by molar-refractivity contribution is 5.93. The van der Waals surface area contributed by atoms with Gasteiger partial charge in [-0.3, -0.25) is 4.79 Å². The number of hydrogen-bond donors (Lipinski definition) is 2. The average molecular weight is 615 g/mol. The number of carbonyl (C=O) groups is 2. The lowest BCUT2D eigenvalue weighted by atomic mass is 9.81. The Kier molecular flexibility index (Phi) is 10.7. The summed E-state index contributed by atoms with van der Waals surface area (Å²) in [4.78, 5) is 28.4. The van der Waals surface area contributed by atoms with Gasteiger partial charge in [0.1, 0.15) is 5.69 Å². The Morgan fingerprint density at radius 3 is 2.51 bits per heavy atom. The monoisotopic (exact) mass is 614 g/mol. The molecule has 5 rings (SSSR count). The predicted molar refractivity (Wildman–Crippen MR) is 147 cm³/mol. The van der Waals surface area contributed by atoms with Crippen LogP contribution < -0.4 is 10.6 Å². The molecule has 1 aliphatic heterocycles. The van der Waals surface area contributed by atoms with E-state index < -0.39 is 36.4 Å². The Morgan fingerprint density at radius 2 is 1.91 bits per heavy atom. The van der Waals surface area contributed by atoms with Gasteiger partial charge in [0.15, 0.2) is 11.3 Å². The van der Waals surface area contributed by atoms with E-state index in [1.165, 1.54) is 24.6 Å². The first kappa shape index (κ1) is 33.7. The lowest BCUT2D eigenvalue weighted by molar-refractivity contribution is -0.0919. The third kappa shape index (κ3) is 9.08. The van der Waals surface area contributed by atoms with Crippen LogP contribution in [0.5, 0.6) is 0 Å². The van der Waals surface area contributed by atoms with Gasteiger partial charge in [-0.15, -0.1) is 0 Å². The number of hydrogen-bond acceptors (Lipinski definition) is 8. The van der Waals surface area contributed by atoms with Crippen LogP contribution in [-0.2, 0) is 17.7 Å². The van der Waals surface area contributed by atoms with Gasteiger partial charge < -0.3 is 20.3 Å². The van der Waals surface area contributed by atoms with Crippen molar-refractivity contribution in [2.45, 2.75) is 70.8 Å². The lowest BCUT2D eigenvalue weighted by Gasteiger charge is -2.32. The van der Waals surface area contributed by atoms with Crippen molar-refractivity contribution in [3.05, 3.63) is 41.1 Å². The van der Waals surface area contributed by atoms with Crippen molar-refractivity contribution >= 4 is 17.6 Å². The molecule has 16 heteroatoms. The zero-order valence-corrected chi connectivity index (χ0v) is 25.1. The zero-order chi connectivity index (χ0) is 32.0. The number of amides is 3. The van der Waals surface area contributed by atoms with E-state index in [4.69, 9.17) is 0 Å². The highest BCUT2D eigenvalue weighted by atomic mass is 19.3. The molecule has 2 aliphatic rings. The van der Waals surface area contributed by atoms with Gasteiger partial charge in [0, 0.05) is 39.1 Å². The second kappa shape index (κ2) is 13.7. The number of alkyl halides is 4. The fourth-order valence-electron chi connectivity index (χ4n) is 4.00. The number of aromatic nitrogens is 5. The summed E-state index contributed by atoms with van der Waals surface area (Å²) >= 11 is 0. The van der Waals surface area contributed by atoms with Crippen LogP contribution in [0, 0.1) is 5.41 Å². The Labute approximate surface area is 246 Å². The quantitative estimate of drug-likeness (QED) is 0.362. The molecule has 12 nitrogen and oxygen atoms in total. The highest BCUT2D eigenvalue weighted by Gasteiger charge is 2.41.